The van der Waals surface area contributed by atoms with Crippen molar-refractivity contribution in [3.63, 3.8) is 0 Å². The zero-order valence-corrected chi connectivity index (χ0v) is 16.3. The molecule has 3 aromatic heterocycles. The van der Waals surface area contributed by atoms with Crippen molar-refractivity contribution >= 4 is 17.1 Å². The molecular formula is C20H25N5O2. The van der Waals surface area contributed by atoms with Crippen molar-refractivity contribution in [2.24, 2.45) is 11.1 Å². The van der Waals surface area contributed by atoms with E-state index in [9.17, 15) is 9.59 Å². The molecule has 3 heterocycles. The van der Waals surface area contributed by atoms with Crippen LogP contribution in [-0.4, -0.2) is 26.1 Å². The van der Waals surface area contributed by atoms with Gasteiger partial charge in [0.15, 0.2) is 0 Å². The van der Waals surface area contributed by atoms with Gasteiger partial charge in [0.05, 0.1) is 34.8 Å². The monoisotopic (exact) mass is 367 g/mol. The summed E-state index contributed by atoms with van der Waals surface area (Å²) in [5.74, 6) is -0.552. The van der Waals surface area contributed by atoms with Crippen LogP contribution in [0, 0.1) is 12.3 Å². The number of nitrogens with two attached hydrogens (primary N) is 1. The molecule has 1 amide bonds. The third kappa shape index (κ3) is 3.45. The lowest BCUT2D eigenvalue weighted by atomic mass is 9.88. The number of nitrogens with one attached hydrogen (secondary N) is 1. The second-order valence-corrected chi connectivity index (χ2v) is 7.92. The van der Waals surface area contributed by atoms with Crippen LogP contribution in [0.4, 0.5) is 5.69 Å². The Morgan fingerprint density at radius 3 is 2.67 bits per heavy atom. The molecule has 0 saturated carbocycles. The molecule has 3 rings (SSSR count). The normalized spacial score (nSPS) is 12.9. The average Bonchev–Trinajstić information content (AvgIpc) is 3.00. The van der Waals surface area contributed by atoms with Gasteiger partial charge in [-0.25, -0.2) is 4.52 Å². The van der Waals surface area contributed by atoms with Crippen LogP contribution in [0.3, 0.4) is 0 Å². The first kappa shape index (κ1) is 18.7. The van der Waals surface area contributed by atoms with E-state index in [1.54, 1.807) is 34.5 Å². The molecular weight excluding hydrogens is 342 g/mol. The molecule has 3 aromatic rings. The van der Waals surface area contributed by atoms with Crippen molar-refractivity contribution in [3.8, 4) is 5.69 Å². The smallest absolute Gasteiger partial charge is 0.258 e. The molecule has 0 aromatic carbocycles. The van der Waals surface area contributed by atoms with Gasteiger partial charge in [-0.1, -0.05) is 26.8 Å². The molecule has 0 bridgehead atoms. The Morgan fingerprint density at radius 1 is 1.33 bits per heavy atom. The molecule has 0 spiro atoms. The summed E-state index contributed by atoms with van der Waals surface area (Å²) in [4.78, 5) is 24.4. The van der Waals surface area contributed by atoms with Crippen LogP contribution in [0.2, 0.25) is 0 Å². The molecule has 0 fully saturated rings. The Bertz CT molecular complexity index is 1070. The van der Waals surface area contributed by atoms with E-state index in [1.165, 1.54) is 6.20 Å². The van der Waals surface area contributed by atoms with Gasteiger partial charge in [0.1, 0.15) is 0 Å². The molecule has 142 valence electrons. The summed E-state index contributed by atoms with van der Waals surface area (Å²) in [6.45, 7) is 10.2. The predicted molar refractivity (Wildman–Crippen MR) is 107 cm³/mol. The van der Waals surface area contributed by atoms with Gasteiger partial charge in [0, 0.05) is 17.8 Å². The molecule has 0 aliphatic carbocycles. The molecule has 0 aliphatic heterocycles. The fraction of sp³-hybridized carbons (Fsp3) is 0.350. The fourth-order valence-electron chi connectivity index (χ4n) is 2.75. The van der Waals surface area contributed by atoms with Gasteiger partial charge in [-0.15, -0.1) is 0 Å². The third-order valence-corrected chi connectivity index (χ3v) is 4.96. The van der Waals surface area contributed by atoms with Gasteiger partial charge in [-0.2, -0.15) is 5.10 Å². The summed E-state index contributed by atoms with van der Waals surface area (Å²) in [6, 6.07) is 5.50. The van der Waals surface area contributed by atoms with Gasteiger partial charge in [0.25, 0.3) is 11.5 Å². The first-order chi connectivity index (χ1) is 12.6. The van der Waals surface area contributed by atoms with Crippen LogP contribution < -0.4 is 16.6 Å². The Morgan fingerprint density at radius 2 is 2.04 bits per heavy atom. The van der Waals surface area contributed by atoms with Gasteiger partial charge in [-0.3, -0.25) is 14.2 Å². The number of carbonyl (C=O) groups excluding carboxylic acids is 1. The molecule has 0 unspecified atom stereocenters. The van der Waals surface area contributed by atoms with Gasteiger partial charge in [0.2, 0.25) is 0 Å². The number of aryl methyl sites for hydroxylation is 1. The maximum Gasteiger partial charge on any atom is 0.258 e. The van der Waals surface area contributed by atoms with Crippen LogP contribution in [0.15, 0.2) is 41.6 Å². The van der Waals surface area contributed by atoms with E-state index in [0.29, 0.717) is 28.0 Å². The highest BCUT2D eigenvalue weighted by Crippen LogP contribution is 2.29. The summed E-state index contributed by atoms with van der Waals surface area (Å²) < 4.78 is 3.21. The Labute approximate surface area is 157 Å². The van der Waals surface area contributed by atoms with Crippen LogP contribution in [0.25, 0.3) is 11.2 Å². The van der Waals surface area contributed by atoms with E-state index in [1.807, 2.05) is 12.1 Å². The maximum absolute atomic E-state index is 12.5. The summed E-state index contributed by atoms with van der Waals surface area (Å²) in [7, 11) is 0. The number of fused-ring (bicyclic) bond motifs is 1. The molecule has 0 aliphatic rings. The number of primary amides is 1. The zero-order valence-electron chi connectivity index (χ0n) is 16.3. The van der Waals surface area contributed by atoms with Crippen molar-refractivity contribution in [1.82, 2.24) is 14.2 Å². The van der Waals surface area contributed by atoms with E-state index in [4.69, 9.17) is 5.73 Å². The second kappa shape index (κ2) is 6.57. The Balaban J connectivity index is 2.21. The predicted octanol–water partition coefficient (Wildman–Crippen LogP) is 2.74. The molecule has 3 N–H and O–H groups in total. The molecule has 7 nitrogen and oxygen atoms in total. The lowest BCUT2D eigenvalue weighted by Crippen LogP contribution is -2.32. The van der Waals surface area contributed by atoms with Crippen molar-refractivity contribution in [3.05, 3.63) is 58.3 Å². The first-order valence-electron chi connectivity index (χ1n) is 8.86. The number of anilines is 1. The topological polar surface area (TPSA) is 94.4 Å². The number of carbonyl (C=O) groups is 1. The average molecular weight is 367 g/mol. The highest BCUT2D eigenvalue weighted by molar-refractivity contribution is 6.02. The summed E-state index contributed by atoms with van der Waals surface area (Å²) in [6.07, 6.45) is 4.92. The van der Waals surface area contributed by atoms with Crippen molar-refractivity contribution in [2.45, 2.75) is 40.7 Å². The SMILES string of the molecule is Cc1cccn(-c2cc3c(N[C@H](C)C(C)(C)C)c(C(N)=O)cnn3c2)c1=O. The van der Waals surface area contributed by atoms with Crippen LogP contribution in [0.1, 0.15) is 43.6 Å². The fourth-order valence-corrected chi connectivity index (χ4v) is 2.75. The number of aromatic nitrogens is 3. The van der Waals surface area contributed by atoms with Crippen LogP contribution in [0.5, 0.6) is 0 Å². The lowest BCUT2D eigenvalue weighted by molar-refractivity contribution is 0.100. The van der Waals surface area contributed by atoms with Crippen LogP contribution >= 0.6 is 0 Å². The lowest BCUT2D eigenvalue weighted by Gasteiger charge is -2.29. The van der Waals surface area contributed by atoms with Gasteiger partial charge in [-0.05, 0) is 31.4 Å². The summed E-state index contributed by atoms with van der Waals surface area (Å²) in [5.41, 5.74) is 8.39. The zero-order chi connectivity index (χ0) is 19.9. The number of rotatable bonds is 4. The highest BCUT2D eigenvalue weighted by Gasteiger charge is 2.23. The largest absolute Gasteiger partial charge is 0.380 e. The maximum atomic E-state index is 12.5. The number of hydrogen-bond donors (Lipinski definition) is 2. The molecule has 27 heavy (non-hydrogen) atoms. The minimum Gasteiger partial charge on any atom is -0.380 e. The molecule has 0 saturated heterocycles. The first-order valence-corrected chi connectivity index (χ1v) is 8.86. The van der Waals surface area contributed by atoms with Gasteiger partial charge < -0.3 is 11.1 Å². The van der Waals surface area contributed by atoms with Crippen molar-refractivity contribution in [1.29, 1.82) is 0 Å². The minimum atomic E-state index is -0.552. The number of hydrogen-bond acceptors (Lipinski definition) is 4. The number of pyridine rings is 1. The van der Waals surface area contributed by atoms with E-state index < -0.39 is 5.91 Å². The highest BCUT2D eigenvalue weighted by atomic mass is 16.1. The standard InChI is InChI=1S/C20H25N5O2/c1-12-7-6-8-24(19(12)27)14-9-16-17(23-13(2)20(3,4)5)15(18(21)26)10-22-25(16)11-14/h6-11,13,23H,1-5H3,(H2,21,26)/t13-/m1/s1. The Kier molecular flexibility index (Phi) is 4.55. The molecule has 0 radical (unpaired) electrons. The Hall–Kier alpha value is -3.09. The second-order valence-electron chi connectivity index (χ2n) is 7.92. The summed E-state index contributed by atoms with van der Waals surface area (Å²) in [5, 5.41) is 7.71. The quantitative estimate of drug-likeness (QED) is 0.741. The number of amides is 1. The third-order valence-electron chi connectivity index (χ3n) is 4.96. The molecule has 7 heteroatoms. The van der Waals surface area contributed by atoms with Crippen molar-refractivity contribution in [2.75, 3.05) is 5.32 Å². The molecule has 1 atom stereocenters. The van der Waals surface area contributed by atoms with Crippen molar-refractivity contribution < 1.29 is 4.79 Å². The van der Waals surface area contributed by atoms with Crippen LogP contribution in [-0.2, 0) is 0 Å². The summed E-state index contributed by atoms with van der Waals surface area (Å²) >= 11 is 0. The van der Waals surface area contributed by atoms with Gasteiger partial charge >= 0.3 is 0 Å². The van der Waals surface area contributed by atoms with E-state index in [0.717, 1.165) is 0 Å². The van der Waals surface area contributed by atoms with E-state index in [-0.39, 0.29) is 17.0 Å². The minimum absolute atomic E-state index is 0.0297. The number of nitrogens with zero attached hydrogens (tertiary/aromatic N) is 3. The van der Waals surface area contributed by atoms with E-state index >= 15 is 0 Å². The van der Waals surface area contributed by atoms with E-state index in [2.05, 4.69) is 38.1 Å².